The molecular formula is C19H27ClN2O2. The highest BCUT2D eigenvalue weighted by Crippen LogP contribution is 2.25. The second kappa shape index (κ2) is 8.02. The van der Waals surface area contributed by atoms with Crippen LogP contribution in [0.3, 0.4) is 0 Å². The molecule has 132 valence electrons. The third-order valence-corrected chi connectivity index (χ3v) is 5.00. The van der Waals surface area contributed by atoms with Gasteiger partial charge in [0.25, 0.3) is 0 Å². The molecule has 1 aromatic carbocycles. The van der Waals surface area contributed by atoms with Crippen LogP contribution < -0.4 is 10.6 Å². The summed E-state index contributed by atoms with van der Waals surface area (Å²) in [4.78, 5) is 25.2. The Morgan fingerprint density at radius 1 is 1.08 bits per heavy atom. The highest BCUT2D eigenvalue weighted by molar-refractivity contribution is 6.30. The Morgan fingerprint density at radius 3 is 2.29 bits per heavy atom. The molecule has 0 bridgehead atoms. The van der Waals surface area contributed by atoms with Crippen LogP contribution in [0.25, 0.3) is 0 Å². The van der Waals surface area contributed by atoms with Gasteiger partial charge < -0.3 is 10.6 Å². The molecule has 0 aromatic heterocycles. The summed E-state index contributed by atoms with van der Waals surface area (Å²) >= 11 is 5.94. The van der Waals surface area contributed by atoms with Crippen LogP contribution in [-0.4, -0.2) is 17.9 Å². The molecule has 0 saturated heterocycles. The fourth-order valence-electron chi connectivity index (χ4n) is 2.94. The molecule has 4 nitrogen and oxygen atoms in total. The van der Waals surface area contributed by atoms with Gasteiger partial charge in [0.15, 0.2) is 0 Å². The van der Waals surface area contributed by atoms with E-state index in [0.29, 0.717) is 10.7 Å². The number of hydrogen-bond donors (Lipinski definition) is 2. The largest absolute Gasteiger partial charge is 0.352 e. The molecule has 2 N–H and O–H groups in total. The lowest BCUT2D eigenvalue weighted by molar-refractivity contribution is -0.138. The number of nitrogens with one attached hydrogen (secondary N) is 2. The molecule has 5 heteroatoms. The number of hydrogen-bond acceptors (Lipinski definition) is 2. The highest BCUT2D eigenvalue weighted by atomic mass is 35.5. The van der Waals surface area contributed by atoms with E-state index in [2.05, 4.69) is 10.6 Å². The molecule has 2 amide bonds. The summed E-state index contributed by atoms with van der Waals surface area (Å²) in [5.74, 6) is -0.516. The molecule has 1 fully saturated rings. The van der Waals surface area contributed by atoms with E-state index in [1.54, 1.807) is 32.0 Å². The van der Waals surface area contributed by atoms with Gasteiger partial charge in [0.2, 0.25) is 11.8 Å². The van der Waals surface area contributed by atoms with Gasteiger partial charge in [-0.05, 0) is 57.4 Å². The molecule has 0 atom stereocenters. The van der Waals surface area contributed by atoms with Crippen molar-refractivity contribution in [1.29, 1.82) is 0 Å². The average Bonchev–Trinajstić information content (AvgIpc) is 2.78. The van der Waals surface area contributed by atoms with Gasteiger partial charge in [-0.15, -0.1) is 0 Å². The summed E-state index contributed by atoms with van der Waals surface area (Å²) < 4.78 is 0. The van der Waals surface area contributed by atoms with Gasteiger partial charge in [-0.2, -0.15) is 0 Å². The molecule has 1 aliphatic rings. The van der Waals surface area contributed by atoms with Crippen LogP contribution in [0.2, 0.25) is 5.02 Å². The summed E-state index contributed by atoms with van der Waals surface area (Å²) in [5, 5.41) is 6.54. The highest BCUT2D eigenvalue weighted by Gasteiger charge is 2.37. The van der Waals surface area contributed by atoms with E-state index in [0.717, 1.165) is 31.2 Å². The van der Waals surface area contributed by atoms with Crippen molar-refractivity contribution in [1.82, 2.24) is 5.32 Å². The molecule has 0 heterocycles. The standard InChI is InChI=1S/C19H27ClN2O2/c1-13-12-14(20)10-11-16(13)22-18(24)19(2,3)17(23)21-15-8-6-4-5-7-9-15/h10-12,15H,4-9H2,1-3H3,(H,21,23)(H,22,24). The van der Waals surface area contributed by atoms with Gasteiger partial charge >= 0.3 is 0 Å². The minimum Gasteiger partial charge on any atom is -0.352 e. The summed E-state index contributed by atoms with van der Waals surface area (Å²) in [6.07, 6.45) is 6.74. The van der Waals surface area contributed by atoms with Crippen LogP contribution in [0, 0.1) is 12.3 Å². The second-order valence-electron chi connectivity index (χ2n) is 7.20. The van der Waals surface area contributed by atoms with Gasteiger partial charge in [0, 0.05) is 16.8 Å². The quantitative estimate of drug-likeness (QED) is 0.622. The topological polar surface area (TPSA) is 58.2 Å². The van der Waals surface area contributed by atoms with E-state index in [1.165, 1.54) is 12.8 Å². The third-order valence-electron chi connectivity index (χ3n) is 4.76. The van der Waals surface area contributed by atoms with Gasteiger partial charge in [-0.3, -0.25) is 9.59 Å². The first-order chi connectivity index (χ1) is 11.3. The Bertz CT molecular complexity index is 605. The zero-order valence-corrected chi connectivity index (χ0v) is 15.5. The third kappa shape index (κ3) is 4.73. The first-order valence-corrected chi connectivity index (χ1v) is 9.07. The van der Waals surface area contributed by atoms with Crippen molar-refractivity contribution >= 4 is 29.1 Å². The molecule has 1 aliphatic carbocycles. The van der Waals surface area contributed by atoms with Gasteiger partial charge in [-0.1, -0.05) is 37.3 Å². The minimum atomic E-state index is -1.13. The summed E-state index contributed by atoms with van der Waals surface area (Å²) in [7, 11) is 0. The monoisotopic (exact) mass is 350 g/mol. The van der Waals surface area contributed by atoms with E-state index < -0.39 is 5.41 Å². The van der Waals surface area contributed by atoms with Crippen LogP contribution in [0.4, 0.5) is 5.69 Å². The minimum absolute atomic E-state index is 0.185. The predicted octanol–water partition coefficient (Wildman–Crippen LogP) is 4.45. The van der Waals surface area contributed by atoms with Crippen molar-refractivity contribution in [3.63, 3.8) is 0 Å². The molecule has 1 saturated carbocycles. The molecular weight excluding hydrogens is 324 g/mol. The average molecular weight is 351 g/mol. The number of amides is 2. The smallest absolute Gasteiger partial charge is 0.239 e. The molecule has 24 heavy (non-hydrogen) atoms. The normalized spacial score (nSPS) is 16.3. The molecule has 0 radical (unpaired) electrons. The lowest BCUT2D eigenvalue weighted by atomic mass is 9.90. The number of carbonyl (C=O) groups is 2. The fourth-order valence-corrected chi connectivity index (χ4v) is 3.17. The molecule has 0 spiro atoms. The van der Waals surface area contributed by atoms with Crippen LogP contribution in [0.1, 0.15) is 57.9 Å². The molecule has 1 aromatic rings. The summed E-state index contributed by atoms with van der Waals surface area (Å²) in [5.41, 5.74) is 0.425. The number of halogens is 1. The Kier molecular flexibility index (Phi) is 6.27. The van der Waals surface area contributed by atoms with Gasteiger partial charge in [0.1, 0.15) is 5.41 Å². The molecule has 0 aliphatic heterocycles. The zero-order valence-electron chi connectivity index (χ0n) is 14.7. The number of anilines is 1. The Morgan fingerprint density at radius 2 is 1.71 bits per heavy atom. The summed E-state index contributed by atoms with van der Waals surface area (Å²) in [6, 6.07) is 5.46. The van der Waals surface area contributed by atoms with Crippen LogP contribution in [-0.2, 0) is 9.59 Å². The number of aryl methyl sites for hydroxylation is 1. The number of rotatable bonds is 4. The maximum absolute atomic E-state index is 12.6. The number of carbonyl (C=O) groups excluding carboxylic acids is 2. The fraction of sp³-hybridized carbons (Fsp3) is 0.579. The van der Waals surface area contributed by atoms with E-state index in [-0.39, 0.29) is 17.9 Å². The Hall–Kier alpha value is -1.55. The van der Waals surface area contributed by atoms with Crippen molar-refractivity contribution in [3.8, 4) is 0 Å². The lowest BCUT2D eigenvalue weighted by Crippen LogP contribution is -2.48. The second-order valence-corrected chi connectivity index (χ2v) is 7.64. The van der Waals surface area contributed by atoms with Crippen LogP contribution in [0.15, 0.2) is 18.2 Å². The first kappa shape index (κ1) is 18.8. The van der Waals surface area contributed by atoms with Gasteiger partial charge in [0.05, 0.1) is 0 Å². The molecule has 2 rings (SSSR count). The number of benzene rings is 1. The van der Waals surface area contributed by atoms with Crippen molar-refractivity contribution in [2.75, 3.05) is 5.32 Å². The van der Waals surface area contributed by atoms with E-state index in [1.807, 2.05) is 6.92 Å². The first-order valence-electron chi connectivity index (χ1n) is 8.69. The van der Waals surface area contributed by atoms with Crippen molar-refractivity contribution < 1.29 is 9.59 Å². The van der Waals surface area contributed by atoms with Gasteiger partial charge in [-0.25, -0.2) is 0 Å². The SMILES string of the molecule is Cc1cc(Cl)ccc1NC(=O)C(C)(C)C(=O)NC1CCCCCC1. The lowest BCUT2D eigenvalue weighted by Gasteiger charge is -2.26. The van der Waals surface area contributed by atoms with Crippen LogP contribution >= 0.6 is 11.6 Å². The Balaban J connectivity index is 2.01. The van der Waals surface area contributed by atoms with Crippen molar-refractivity contribution in [3.05, 3.63) is 28.8 Å². The maximum atomic E-state index is 12.6. The molecule has 0 unspecified atom stereocenters. The van der Waals surface area contributed by atoms with Crippen molar-refractivity contribution in [2.45, 2.75) is 65.3 Å². The van der Waals surface area contributed by atoms with E-state index >= 15 is 0 Å². The Labute approximate surface area is 149 Å². The summed E-state index contributed by atoms with van der Waals surface area (Å²) in [6.45, 7) is 5.21. The van der Waals surface area contributed by atoms with Crippen molar-refractivity contribution in [2.24, 2.45) is 5.41 Å². The van der Waals surface area contributed by atoms with E-state index in [9.17, 15) is 9.59 Å². The van der Waals surface area contributed by atoms with Crippen LogP contribution in [0.5, 0.6) is 0 Å². The van der Waals surface area contributed by atoms with E-state index in [4.69, 9.17) is 11.6 Å². The zero-order chi connectivity index (χ0) is 17.7. The predicted molar refractivity (Wildman–Crippen MR) is 98.2 cm³/mol. The maximum Gasteiger partial charge on any atom is 0.239 e.